The first-order valence-electron chi connectivity index (χ1n) is 8.07. The maximum Gasteiger partial charge on any atom is 0.274 e. The van der Waals surface area contributed by atoms with E-state index in [9.17, 15) is 4.79 Å². The molecule has 0 N–H and O–H groups in total. The van der Waals surface area contributed by atoms with Gasteiger partial charge in [-0.25, -0.2) is 9.50 Å². The summed E-state index contributed by atoms with van der Waals surface area (Å²) in [6.07, 6.45) is 5.29. The molecule has 1 unspecified atom stereocenters. The van der Waals surface area contributed by atoms with Crippen molar-refractivity contribution in [2.75, 3.05) is 6.54 Å². The molecule has 0 saturated carbocycles. The quantitative estimate of drug-likeness (QED) is 0.677. The molecule has 3 aromatic rings. The first-order valence-corrected chi connectivity index (χ1v) is 8.86. The van der Waals surface area contributed by atoms with Crippen LogP contribution in [-0.4, -0.2) is 31.9 Å². The average molecular weight is 385 g/mol. The number of carbonyl (C=O) groups is 1. The number of nitrogens with zero attached hydrogens (tertiary/aromatic N) is 4. The molecule has 1 atom stereocenters. The molecule has 122 valence electrons. The Labute approximate surface area is 148 Å². The van der Waals surface area contributed by atoms with E-state index in [1.54, 1.807) is 16.8 Å². The highest BCUT2D eigenvalue weighted by atomic mass is 79.9. The first kappa shape index (κ1) is 15.3. The highest BCUT2D eigenvalue weighted by Crippen LogP contribution is 2.33. The third-order valence-corrected chi connectivity index (χ3v) is 4.97. The van der Waals surface area contributed by atoms with Crippen molar-refractivity contribution in [3.05, 3.63) is 64.0 Å². The normalized spacial score (nSPS) is 17.1. The van der Waals surface area contributed by atoms with E-state index in [-0.39, 0.29) is 11.9 Å². The van der Waals surface area contributed by atoms with Gasteiger partial charge >= 0.3 is 0 Å². The van der Waals surface area contributed by atoms with Gasteiger partial charge in [-0.2, -0.15) is 5.10 Å². The molecule has 6 heteroatoms. The van der Waals surface area contributed by atoms with E-state index in [4.69, 9.17) is 0 Å². The standard InChI is InChI=1S/C18H17BrN4O/c1-2-16-14-6-4-3-5-12(14)7-8-22(16)18(24)15-9-17-20-10-13(19)11-23(17)21-15/h3-6,9-11,16H,2,7-8H2,1H3. The largest absolute Gasteiger partial charge is 0.330 e. The average Bonchev–Trinajstić information content (AvgIpc) is 3.03. The number of carbonyl (C=O) groups excluding carboxylic acids is 1. The second kappa shape index (κ2) is 6.02. The number of aromatic nitrogens is 3. The van der Waals surface area contributed by atoms with Crippen molar-refractivity contribution in [2.24, 2.45) is 0 Å². The van der Waals surface area contributed by atoms with Gasteiger partial charge in [0, 0.05) is 25.0 Å². The van der Waals surface area contributed by atoms with Crippen LogP contribution in [0.2, 0.25) is 0 Å². The number of hydrogen-bond donors (Lipinski definition) is 0. The summed E-state index contributed by atoms with van der Waals surface area (Å²) in [6.45, 7) is 2.84. The number of benzene rings is 1. The molecule has 5 nitrogen and oxygen atoms in total. The van der Waals surface area contributed by atoms with E-state index in [1.807, 2.05) is 17.2 Å². The summed E-state index contributed by atoms with van der Waals surface area (Å²) in [5.74, 6) is -0.0297. The molecule has 1 aliphatic rings. The van der Waals surface area contributed by atoms with Crippen LogP contribution in [0, 0.1) is 0 Å². The lowest BCUT2D eigenvalue weighted by Gasteiger charge is -2.36. The van der Waals surface area contributed by atoms with Gasteiger partial charge in [0.1, 0.15) is 0 Å². The van der Waals surface area contributed by atoms with Crippen LogP contribution in [0.3, 0.4) is 0 Å². The van der Waals surface area contributed by atoms with Gasteiger partial charge < -0.3 is 4.90 Å². The van der Waals surface area contributed by atoms with E-state index in [2.05, 4.69) is 51.1 Å². The molecule has 3 heterocycles. The molecular weight excluding hydrogens is 368 g/mol. The van der Waals surface area contributed by atoms with Crippen LogP contribution in [-0.2, 0) is 6.42 Å². The Morgan fingerprint density at radius 2 is 2.21 bits per heavy atom. The molecule has 1 aromatic carbocycles. The SMILES string of the molecule is CCC1c2ccccc2CCN1C(=O)c1cc2ncc(Br)cn2n1. The zero-order chi connectivity index (χ0) is 16.7. The maximum atomic E-state index is 13.0. The molecule has 4 rings (SSSR count). The molecule has 2 aromatic heterocycles. The Morgan fingerprint density at radius 3 is 3.04 bits per heavy atom. The summed E-state index contributed by atoms with van der Waals surface area (Å²) in [7, 11) is 0. The number of hydrogen-bond acceptors (Lipinski definition) is 3. The minimum Gasteiger partial charge on any atom is -0.330 e. The van der Waals surface area contributed by atoms with Crippen molar-refractivity contribution in [3.63, 3.8) is 0 Å². The van der Waals surface area contributed by atoms with Crippen molar-refractivity contribution in [1.82, 2.24) is 19.5 Å². The second-order valence-corrected chi connectivity index (χ2v) is 6.89. The van der Waals surface area contributed by atoms with Crippen LogP contribution in [0.1, 0.15) is 41.0 Å². The Morgan fingerprint density at radius 1 is 1.38 bits per heavy atom. The second-order valence-electron chi connectivity index (χ2n) is 5.98. The fourth-order valence-corrected chi connectivity index (χ4v) is 3.74. The van der Waals surface area contributed by atoms with Gasteiger partial charge in [0.2, 0.25) is 0 Å². The lowest BCUT2D eigenvalue weighted by molar-refractivity contribution is 0.0649. The summed E-state index contributed by atoms with van der Waals surface area (Å²) in [4.78, 5) is 19.3. The molecule has 24 heavy (non-hydrogen) atoms. The van der Waals surface area contributed by atoms with Crippen LogP contribution in [0.4, 0.5) is 0 Å². The Balaban J connectivity index is 1.70. The molecule has 0 saturated heterocycles. The first-order chi connectivity index (χ1) is 11.7. The number of fused-ring (bicyclic) bond motifs is 2. The fraction of sp³-hybridized carbons (Fsp3) is 0.278. The van der Waals surface area contributed by atoms with Crippen LogP contribution in [0.25, 0.3) is 5.65 Å². The van der Waals surface area contributed by atoms with Gasteiger partial charge in [0.05, 0.1) is 10.5 Å². The van der Waals surface area contributed by atoms with E-state index >= 15 is 0 Å². The van der Waals surface area contributed by atoms with Crippen molar-refractivity contribution in [2.45, 2.75) is 25.8 Å². The highest BCUT2D eigenvalue weighted by molar-refractivity contribution is 9.10. The summed E-state index contributed by atoms with van der Waals surface area (Å²) in [6, 6.07) is 10.3. The van der Waals surface area contributed by atoms with Crippen molar-refractivity contribution in [3.8, 4) is 0 Å². The number of rotatable bonds is 2. The topological polar surface area (TPSA) is 50.5 Å². The molecule has 0 fully saturated rings. The summed E-state index contributed by atoms with van der Waals surface area (Å²) < 4.78 is 2.46. The lowest BCUT2D eigenvalue weighted by atomic mass is 9.91. The van der Waals surface area contributed by atoms with Crippen LogP contribution in [0.5, 0.6) is 0 Å². The van der Waals surface area contributed by atoms with Gasteiger partial charge in [-0.1, -0.05) is 31.2 Å². The van der Waals surface area contributed by atoms with Crippen molar-refractivity contribution >= 4 is 27.5 Å². The van der Waals surface area contributed by atoms with Gasteiger partial charge in [0.25, 0.3) is 5.91 Å². The van der Waals surface area contributed by atoms with E-state index in [0.717, 1.165) is 23.9 Å². The maximum absolute atomic E-state index is 13.0. The smallest absolute Gasteiger partial charge is 0.274 e. The van der Waals surface area contributed by atoms with E-state index < -0.39 is 0 Å². The predicted molar refractivity (Wildman–Crippen MR) is 94.9 cm³/mol. The molecule has 1 amide bonds. The minimum absolute atomic E-state index is 0.0297. The van der Waals surface area contributed by atoms with Crippen LogP contribution in [0.15, 0.2) is 47.2 Å². The molecule has 0 aliphatic carbocycles. The predicted octanol–water partition coefficient (Wildman–Crippen LogP) is 3.64. The highest BCUT2D eigenvalue weighted by Gasteiger charge is 2.31. The summed E-state index contributed by atoms with van der Waals surface area (Å²) >= 11 is 3.38. The Bertz CT molecular complexity index is 920. The van der Waals surface area contributed by atoms with Crippen LogP contribution < -0.4 is 0 Å². The summed E-state index contributed by atoms with van der Waals surface area (Å²) in [5, 5.41) is 4.41. The van der Waals surface area contributed by atoms with E-state index in [0.29, 0.717) is 11.3 Å². The molecule has 0 bridgehead atoms. The Hall–Kier alpha value is -2.21. The van der Waals surface area contributed by atoms with Gasteiger partial charge in [0.15, 0.2) is 11.3 Å². The lowest BCUT2D eigenvalue weighted by Crippen LogP contribution is -2.40. The third-order valence-electron chi connectivity index (χ3n) is 4.56. The number of amides is 1. The van der Waals surface area contributed by atoms with Gasteiger partial charge in [-0.05, 0) is 39.9 Å². The van der Waals surface area contributed by atoms with Crippen molar-refractivity contribution in [1.29, 1.82) is 0 Å². The monoisotopic (exact) mass is 384 g/mol. The zero-order valence-corrected chi connectivity index (χ0v) is 14.9. The molecule has 0 radical (unpaired) electrons. The Kier molecular flexibility index (Phi) is 3.84. The van der Waals surface area contributed by atoms with Crippen LogP contribution >= 0.6 is 15.9 Å². The van der Waals surface area contributed by atoms with E-state index in [1.165, 1.54) is 11.1 Å². The molecule has 1 aliphatic heterocycles. The van der Waals surface area contributed by atoms with Crippen molar-refractivity contribution < 1.29 is 4.79 Å². The van der Waals surface area contributed by atoms with Gasteiger partial charge in [-0.3, -0.25) is 4.79 Å². The zero-order valence-electron chi connectivity index (χ0n) is 13.3. The summed E-state index contributed by atoms with van der Waals surface area (Å²) in [5.41, 5.74) is 3.71. The van der Waals surface area contributed by atoms with Gasteiger partial charge in [-0.15, -0.1) is 0 Å². The number of halogens is 1. The molecular formula is C18H17BrN4O. The fourth-order valence-electron chi connectivity index (χ4n) is 3.44. The molecule has 0 spiro atoms. The third kappa shape index (κ3) is 2.51. The minimum atomic E-state index is -0.0297.